The molecule has 0 saturated carbocycles. The molecule has 1 heterocycles. The molecule has 4 aromatic rings. The molecule has 1 aromatic heterocycles. The van der Waals surface area contributed by atoms with Gasteiger partial charge in [-0.05, 0) is 67.4 Å². The van der Waals surface area contributed by atoms with Crippen molar-refractivity contribution in [1.82, 2.24) is 0 Å². The van der Waals surface area contributed by atoms with Gasteiger partial charge in [-0.15, -0.1) is 0 Å². The fourth-order valence-corrected chi connectivity index (χ4v) is 3.66. The van der Waals surface area contributed by atoms with Gasteiger partial charge in [0.05, 0.1) is 10.4 Å². The smallest absolute Gasteiger partial charge is 0.235 e. The SMILES string of the molecule is Cc1cc(C)c2oc(-c3ccccc3Cl)c(OCC(=O)c3ccc(F)cc3)c(=O)c2c1. The number of rotatable bonds is 5. The highest BCUT2D eigenvalue weighted by atomic mass is 35.5. The van der Waals surface area contributed by atoms with Crippen LogP contribution in [0.4, 0.5) is 4.39 Å². The Morgan fingerprint density at radius 2 is 1.77 bits per heavy atom. The lowest BCUT2D eigenvalue weighted by molar-refractivity contribution is 0.0920. The third-order valence-electron chi connectivity index (χ3n) is 4.91. The maximum atomic E-state index is 13.3. The van der Waals surface area contributed by atoms with Crippen LogP contribution in [0.5, 0.6) is 5.75 Å². The molecule has 6 heteroatoms. The lowest BCUT2D eigenvalue weighted by Crippen LogP contribution is -2.17. The topological polar surface area (TPSA) is 56.5 Å². The van der Waals surface area contributed by atoms with Crippen LogP contribution in [0.1, 0.15) is 21.5 Å². The molecule has 31 heavy (non-hydrogen) atoms. The molecular formula is C25H18ClFO4. The third kappa shape index (κ3) is 4.09. The van der Waals surface area contributed by atoms with Gasteiger partial charge in [0, 0.05) is 11.1 Å². The van der Waals surface area contributed by atoms with Crippen LogP contribution < -0.4 is 10.2 Å². The Hall–Kier alpha value is -3.44. The Kier molecular flexibility index (Phi) is 5.61. The molecule has 0 spiro atoms. The molecule has 0 aliphatic heterocycles. The lowest BCUT2D eigenvalue weighted by Gasteiger charge is -2.13. The molecule has 0 fully saturated rings. The minimum atomic E-state index is -0.445. The molecule has 0 saturated heterocycles. The first-order valence-corrected chi connectivity index (χ1v) is 9.97. The Labute approximate surface area is 182 Å². The zero-order chi connectivity index (χ0) is 22.1. The van der Waals surface area contributed by atoms with Crippen LogP contribution in [0.3, 0.4) is 0 Å². The van der Waals surface area contributed by atoms with E-state index in [0.29, 0.717) is 21.6 Å². The number of fused-ring (bicyclic) bond motifs is 1. The molecule has 0 aliphatic carbocycles. The second-order valence-corrected chi connectivity index (χ2v) is 7.65. The first-order valence-electron chi connectivity index (χ1n) is 9.59. The fraction of sp³-hybridized carbons (Fsp3) is 0.120. The van der Waals surface area contributed by atoms with E-state index in [9.17, 15) is 14.0 Å². The standard InChI is InChI=1S/C25H18ClFO4/c1-14-11-15(2)23-19(12-14)22(29)25(24(31-23)18-5-3-4-6-20(18)26)30-13-21(28)16-7-9-17(27)10-8-16/h3-12H,13H2,1-2H3. The minimum Gasteiger partial charge on any atom is -0.478 e. The largest absolute Gasteiger partial charge is 0.478 e. The van der Waals surface area contributed by atoms with Crippen LogP contribution in [-0.2, 0) is 0 Å². The van der Waals surface area contributed by atoms with E-state index in [1.54, 1.807) is 30.3 Å². The van der Waals surface area contributed by atoms with E-state index in [2.05, 4.69) is 0 Å². The molecule has 4 rings (SSSR count). The van der Waals surface area contributed by atoms with E-state index in [1.807, 2.05) is 19.9 Å². The predicted octanol–water partition coefficient (Wildman–Crippen LogP) is 6.13. The van der Waals surface area contributed by atoms with E-state index in [1.165, 1.54) is 24.3 Å². The molecule has 0 aliphatic rings. The van der Waals surface area contributed by atoms with E-state index >= 15 is 0 Å². The van der Waals surface area contributed by atoms with Gasteiger partial charge in [0.2, 0.25) is 11.2 Å². The van der Waals surface area contributed by atoms with Gasteiger partial charge in [-0.25, -0.2) is 4.39 Å². The number of aryl methyl sites for hydroxylation is 2. The molecule has 0 N–H and O–H groups in total. The number of ketones is 1. The zero-order valence-electron chi connectivity index (χ0n) is 16.9. The van der Waals surface area contributed by atoms with Crippen LogP contribution >= 0.6 is 11.6 Å². The highest BCUT2D eigenvalue weighted by Crippen LogP contribution is 2.36. The van der Waals surface area contributed by atoms with Crippen molar-refractivity contribution in [3.8, 4) is 17.1 Å². The van der Waals surface area contributed by atoms with Crippen molar-refractivity contribution >= 4 is 28.4 Å². The van der Waals surface area contributed by atoms with Crippen molar-refractivity contribution in [3.05, 3.63) is 98.4 Å². The number of halogens is 2. The highest BCUT2D eigenvalue weighted by Gasteiger charge is 2.22. The number of hydrogen-bond donors (Lipinski definition) is 0. The number of carbonyl (C=O) groups is 1. The molecule has 0 atom stereocenters. The summed E-state index contributed by atoms with van der Waals surface area (Å²) in [6.45, 7) is 3.32. The number of carbonyl (C=O) groups excluding carboxylic acids is 1. The molecule has 0 amide bonds. The quantitative estimate of drug-likeness (QED) is 0.353. The molecule has 156 valence electrons. The lowest BCUT2D eigenvalue weighted by atomic mass is 10.1. The number of hydrogen-bond acceptors (Lipinski definition) is 4. The molecule has 3 aromatic carbocycles. The molecule has 0 bridgehead atoms. The van der Waals surface area contributed by atoms with Crippen LogP contribution in [0, 0.1) is 19.7 Å². The zero-order valence-corrected chi connectivity index (χ0v) is 17.6. The Bertz CT molecular complexity index is 1360. The summed E-state index contributed by atoms with van der Waals surface area (Å²) in [4.78, 5) is 25.9. The van der Waals surface area contributed by atoms with Crippen molar-refractivity contribution in [2.75, 3.05) is 6.61 Å². The van der Waals surface area contributed by atoms with Gasteiger partial charge in [0.15, 0.2) is 18.2 Å². The molecule has 4 nitrogen and oxygen atoms in total. The van der Waals surface area contributed by atoms with Gasteiger partial charge in [-0.2, -0.15) is 0 Å². The van der Waals surface area contributed by atoms with Gasteiger partial charge < -0.3 is 9.15 Å². The van der Waals surface area contributed by atoms with Crippen molar-refractivity contribution in [3.63, 3.8) is 0 Å². The fourth-order valence-electron chi connectivity index (χ4n) is 3.44. The average Bonchev–Trinajstić information content (AvgIpc) is 2.74. The van der Waals surface area contributed by atoms with Gasteiger partial charge in [0.1, 0.15) is 11.4 Å². The van der Waals surface area contributed by atoms with Crippen molar-refractivity contribution in [2.24, 2.45) is 0 Å². The van der Waals surface area contributed by atoms with Crippen LogP contribution in [0.15, 0.2) is 69.9 Å². The van der Waals surface area contributed by atoms with E-state index in [0.717, 1.165) is 11.1 Å². The normalized spacial score (nSPS) is 11.0. The second kappa shape index (κ2) is 8.36. The maximum Gasteiger partial charge on any atom is 0.235 e. The molecular weight excluding hydrogens is 419 g/mol. The van der Waals surface area contributed by atoms with Crippen molar-refractivity contribution < 1.29 is 18.3 Å². The summed E-state index contributed by atoms with van der Waals surface area (Å²) in [5.41, 5.74) is 2.49. The molecule has 0 unspecified atom stereocenters. The summed E-state index contributed by atoms with van der Waals surface area (Å²) < 4.78 is 25.0. The second-order valence-electron chi connectivity index (χ2n) is 7.25. The average molecular weight is 437 g/mol. The minimum absolute atomic E-state index is 0.0962. The van der Waals surface area contributed by atoms with Gasteiger partial charge >= 0.3 is 0 Å². The summed E-state index contributed by atoms with van der Waals surface area (Å²) in [5, 5.41) is 0.738. The Morgan fingerprint density at radius 1 is 1.06 bits per heavy atom. The predicted molar refractivity (Wildman–Crippen MR) is 119 cm³/mol. The Balaban J connectivity index is 1.84. The van der Waals surface area contributed by atoms with Gasteiger partial charge in [-0.3, -0.25) is 9.59 Å². The summed E-state index contributed by atoms with van der Waals surface area (Å²) in [6, 6.07) is 15.7. The Morgan fingerprint density at radius 3 is 2.48 bits per heavy atom. The highest BCUT2D eigenvalue weighted by molar-refractivity contribution is 6.33. The first kappa shape index (κ1) is 20.8. The summed E-state index contributed by atoms with van der Waals surface area (Å²) in [5.74, 6) is -0.785. The van der Waals surface area contributed by atoms with Crippen molar-refractivity contribution in [1.29, 1.82) is 0 Å². The summed E-state index contributed by atoms with van der Waals surface area (Å²) in [7, 11) is 0. The van der Waals surface area contributed by atoms with E-state index in [-0.39, 0.29) is 17.1 Å². The third-order valence-corrected chi connectivity index (χ3v) is 5.24. The van der Waals surface area contributed by atoms with E-state index < -0.39 is 23.6 Å². The summed E-state index contributed by atoms with van der Waals surface area (Å²) in [6.07, 6.45) is 0. The maximum absolute atomic E-state index is 13.3. The van der Waals surface area contributed by atoms with Crippen LogP contribution in [0.25, 0.3) is 22.3 Å². The first-order chi connectivity index (χ1) is 14.8. The van der Waals surface area contributed by atoms with Crippen LogP contribution in [-0.4, -0.2) is 12.4 Å². The van der Waals surface area contributed by atoms with E-state index in [4.69, 9.17) is 20.8 Å². The monoisotopic (exact) mass is 436 g/mol. The number of benzene rings is 3. The van der Waals surface area contributed by atoms with Crippen molar-refractivity contribution in [2.45, 2.75) is 13.8 Å². The van der Waals surface area contributed by atoms with Gasteiger partial charge in [-0.1, -0.05) is 29.8 Å². The number of Topliss-reactive ketones (excluding diaryl/α,β-unsaturated/α-hetero) is 1. The summed E-state index contributed by atoms with van der Waals surface area (Å²) >= 11 is 6.35. The van der Waals surface area contributed by atoms with Crippen LogP contribution in [0.2, 0.25) is 5.02 Å². The molecule has 0 radical (unpaired) electrons. The number of ether oxygens (including phenoxy) is 1. The van der Waals surface area contributed by atoms with Gasteiger partial charge in [0.25, 0.3) is 0 Å².